The summed E-state index contributed by atoms with van der Waals surface area (Å²) in [6.45, 7) is 5.69. The van der Waals surface area contributed by atoms with Crippen molar-refractivity contribution in [3.63, 3.8) is 0 Å². The quantitative estimate of drug-likeness (QED) is 0.695. The van der Waals surface area contributed by atoms with Gasteiger partial charge in [-0.25, -0.2) is 4.79 Å². The lowest BCUT2D eigenvalue weighted by molar-refractivity contribution is 0.00695. The van der Waals surface area contributed by atoms with Gasteiger partial charge in [0.15, 0.2) is 0 Å². The summed E-state index contributed by atoms with van der Waals surface area (Å²) in [7, 11) is 0. The summed E-state index contributed by atoms with van der Waals surface area (Å²) in [6, 6.07) is 3.64. The summed E-state index contributed by atoms with van der Waals surface area (Å²) in [5.74, 6) is -0.362. The molecule has 0 radical (unpaired) electrons. The van der Waals surface area contributed by atoms with Crippen LogP contribution in [0.3, 0.4) is 0 Å². The van der Waals surface area contributed by atoms with Gasteiger partial charge in [0.2, 0.25) is 0 Å². The molecule has 0 spiro atoms. The Morgan fingerprint density at radius 2 is 2.27 bits per heavy atom. The lowest BCUT2D eigenvalue weighted by atomic mass is 10.2. The summed E-state index contributed by atoms with van der Waals surface area (Å²) in [5, 5.41) is 8.47. The standard InChI is InChI=1S/C11H14N2O2/c1-11(2,3)15-10(14)9-4-6-13(8-9)7-5-12/h4,6,8H,7H2,1-3H3. The van der Waals surface area contributed by atoms with Crippen molar-refractivity contribution in [3.8, 4) is 6.07 Å². The van der Waals surface area contributed by atoms with E-state index in [0.717, 1.165) is 0 Å². The summed E-state index contributed by atoms with van der Waals surface area (Å²) >= 11 is 0. The first-order valence-electron chi connectivity index (χ1n) is 4.68. The van der Waals surface area contributed by atoms with E-state index < -0.39 is 5.60 Å². The van der Waals surface area contributed by atoms with Crippen LogP contribution in [0.5, 0.6) is 0 Å². The minimum Gasteiger partial charge on any atom is -0.456 e. The maximum atomic E-state index is 11.6. The van der Waals surface area contributed by atoms with E-state index in [-0.39, 0.29) is 12.5 Å². The molecule has 4 nitrogen and oxygen atoms in total. The Bertz CT molecular complexity index is 393. The maximum absolute atomic E-state index is 11.6. The van der Waals surface area contributed by atoms with Crippen LogP contribution < -0.4 is 0 Å². The van der Waals surface area contributed by atoms with Crippen molar-refractivity contribution in [2.75, 3.05) is 0 Å². The fourth-order valence-corrected chi connectivity index (χ4v) is 1.08. The van der Waals surface area contributed by atoms with Crippen molar-refractivity contribution in [3.05, 3.63) is 24.0 Å². The summed E-state index contributed by atoms with van der Waals surface area (Å²) in [4.78, 5) is 11.6. The van der Waals surface area contributed by atoms with Crippen LogP contribution in [0.15, 0.2) is 18.5 Å². The maximum Gasteiger partial charge on any atom is 0.340 e. The Morgan fingerprint density at radius 3 is 2.80 bits per heavy atom. The van der Waals surface area contributed by atoms with Crippen LogP contribution in [0, 0.1) is 11.3 Å². The zero-order valence-electron chi connectivity index (χ0n) is 9.15. The highest BCUT2D eigenvalue weighted by Crippen LogP contribution is 2.12. The molecule has 1 rings (SSSR count). The van der Waals surface area contributed by atoms with Crippen molar-refractivity contribution in [1.29, 1.82) is 5.26 Å². The second-order valence-electron chi connectivity index (χ2n) is 4.23. The molecule has 1 aromatic rings. The van der Waals surface area contributed by atoms with Crippen LogP contribution in [0.1, 0.15) is 31.1 Å². The van der Waals surface area contributed by atoms with Gasteiger partial charge in [-0.2, -0.15) is 5.26 Å². The number of nitriles is 1. The molecule has 15 heavy (non-hydrogen) atoms. The van der Waals surface area contributed by atoms with Crippen molar-refractivity contribution in [2.24, 2.45) is 0 Å². The third kappa shape index (κ3) is 3.47. The van der Waals surface area contributed by atoms with Gasteiger partial charge in [0, 0.05) is 12.4 Å². The minimum atomic E-state index is -0.492. The Kier molecular flexibility index (Phi) is 3.15. The lowest BCUT2D eigenvalue weighted by Crippen LogP contribution is -2.23. The predicted octanol–water partition coefficient (Wildman–Crippen LogP) is 1.97. The first kappa shape index (κ1) is 11.3. The van der Waals surface area contributed by atoms with Crippen LogP contribution in [-0.2, 0) is 11.3 Å². The molecule has 0 bridgehead atoms. The molecule has 0 aliphatic heterocycles. The topological polar surface area (TPSA) is 55.0 Å². The van der Waals surface area contributed by atoms with Crippen LogP contribution in [0.25, 0.3) is 0 Å². The first-order valence-corrected chi connectivity index (χ1v) is 4.68. The number of carbonyl (C=O) groups excluding carboxylic acids is 1. The molecule has 80 valence electrons. The zero-order valence-corrected chi connectivity index (χ0v) is 9.15. The number of ether oxygens (including phenoxy) is 1. The second kappa shape index (κ2) is 4.18. The first-order chi connectivity index (χ1) is 6.92. The van der Waals surface area contributed by atoms with Gasteiger partial charge in [-0.1, -0.05) is 0 Å². The van der Waals surface area contributed by atoms with E-state index in [1.165, 1.54) is 0 Å². The molecule has 0 unspecified atom stereocenters. The van der Waals surface area contributed by atoms with Crippen LogP contribution >= 0.6 is 0 Å². The van der Waals surface area contributed by atoms with Gasteiger partial charge in [-0.15, -0.1) is 0 Å². The average molecular weight is 206 g/mol. The largest absolute Gasteiger partial charge is 0.456 e. The molecule has 0 amide bonds. The van der Waals surface area contributed by atoms with Gasteiger partial charge >= 0.3 is 5.97 Å². The third-order valence-corrected chi connectivity index (χ3v) is 1.64. The number of nitrogens with zero attached hydrogens (tertiary/aromatic N) is 2. The number of carbonyl (C=O) groups is 1. The summed E-state index contributed by atoms with van der Waals surface area (Å²) < 4.78 is 6.82. The van der Waals surface area contributed by atoms with Crippen molar-refractivity contribution < 1.29 is 9.53 Å². The zero-order chi connectivity index (χ0) is 11.5. The van der Waals surface area contributed by atoms with E-state index in [1.54, 1.807) is 23.0 Å². The number of aromatic nitrogens is 1. The van der Waals surface area contributed by atoms with Crippen molar-refractivity contribution in [1.82, 2.24) is 4.57 Å². The molecule has 0 saturated heterocycles. The molecule has 0 atom stereocenters. The van der Waals surface area contributed by atoms with Crippen molar-refractivity contribution in [2.45, 2.75) is 32.9 Å². The fraction of sp³-hybridized carbons (Fsp3) is 0.455. The van der Waals surface area contributed by atoms with Gasteiger partial charge in [0.1, 0.15) is 12.1 Å². The van der Waals surface area contributed by atoms with E-state index in [9.17, 15) is 4.79 Å². The Morgan fingerprint density at radius 1 is 1.60 bits per heavy atom. The van der Waals surface area contributed by atoms with E-state index >= 15 is 0 Å². The van der Waals surface area contributed by atoms with Crippen LogP contribution in [0.2, 0.25) is 0 Å². The molecule has 1 heterocycles. The minimum absolute atomic E-state index is 0.239. The molecule has 0 aliphatic carbocycles. The highest BCUT2D eigenvalue weighted by atomic mass is 16.6. The third-order valence-electron chi connectivity index (χ3n) is 1.64. The number of rotatable bonds is 2. The Hall–Kier alpha value is -1.76. The SMILES string of the molecule is CC(C)(C)OC(=O)c1ccn(CC#N)c1. The van der Waals surface area contributed by atoms with E-state index in [2.05, 4.69) is 0 Å². The highest BCUT2D eigenvalue weighted by molar-refractivity contribution is 5.89. The predicted molar refractivity (Wildman–Crippen MR) is 55.2 cm³/mol. The molecule has 0 aliphatic rings. The molecule has 0 fully saturated rings. The molecular formula is C11H14N2O2. The smallest absolute Gasteiger partial charge is 0.340 e. The molecule has 0 N–H and O–H groups in total. The van der Waals surface area contributed by atoms with Crippen molar-refractivity contribution >= 4 is 5.97 Å². The van der Waals surface area contributed by atoms with Crippen LogP contribution in [0.4, 0.5) is 0 Å². The molecule has 4 heteroatoms. The summed E-state index contributed by atoms with van der Waals surface area (Å²) in [6.07, 6.45) is 3.29. The lowest BCUT2D eigenvalue weighted by Gasteiger charge is -2.18. The molecular weight excluding hydrogens is 192 g/mol. The second-order valence-corrected chi connectivity index (χ2v) is 4.23. The monoisotopic (exact) mass is 206 g/mol. The average Bonchev–Trinajstić information content (AvgIpc) is 2.50. The van der Waals surface area contributed by atoms with Gasteiger partial charge < -0.3 is 9.30 Å². The van der Waals surface area contributed by atoms with Gasteiger partial charge in [0.25, 0.3) is 0 Å². The number of hydrogen-bond donors (Lipinski definition) is 0. The molecule has 0 aromatic carbocycles. The van der Waals surface area contributed by atoms with Crippen LogP contribution in [-0.4, -0.2) is 16.1 Å². The Balaban J connectivity index is 2.71. The Labute approximate surface area is 89.1 Å². The van der Waals surface area contributed by atoms with Gasteiger partial charge in [0.05, 0.1) is 11.6 Å². The fourth-order valence-electron chi connectivity index (χ4n) is 1.08. The normalized spacial score (nSPS) is 10.8. The molecule has 0 saturated carbocycles. The van der Waals surface area contributed by atoms with E-state index in [4.69, 9.17) is 10.00 Å². The van der Waals surface area contributed by atoms with E-state index in [0.29, 0.717) is 5.56 Å². The highest BCUT2D eigenvalue weighted by Gasteiger charge is 2.18. The van der Waals surface area contributed by atoms with Gasteiger partial charge in [-0.05, 0) is 26.8 Å². The number of esters is 1. The molecule has 1 aromatic heterocycles. The van der Waals surface area contributed by atoms with Gasteiger partial charge in [-0.3, -0.25) is 0 Å². The number of hydrogen-bond acceptors (Lipinski definition) is 3. The van der Waals surface area contributed by atoms with E-state index in [1.807, 2.05) is 26.8 Å². The summed E-state index contributed by atoms with van der Waals surface area (Å²) in [5.41, 5.74) is -0.0193.